The number of unbranched alkanes of at least 4 members (excludes halogenated alkanes) is 38. The fraction of sp³-hybridized carbons (Fsp3) is 0.808. The van der Waals surface area contributed by atoms with Crippen LogP contribution in [0.15, 0.2) is 72.9 Å². The number of hydrogen-bond acceptors (Lipinski definition) is 7. The normalized spacial score (nSPS) is 14.0. The van der Waals surface area contributed by atoms with E-state index < -0.39 is 26.6 Å². The molecule has 3 unspecified atom stereocenters. The fourth-order valence-corrected chi connectivity index (χ4v) is 10.9. The van der Waals surface area contributed by atoms with E-state index in [0.29, 0.717) is 17.4 Å². The maximum atomic E-state index is 13.6. The predicted octanol–water partition coefficient (Wildman–Crippen LogP) is 21.7. The van der Waals surface area contributed by atoms with E-state index >= 15 is 0 Å². The van der Waals surface area contributed by atoms with Gasteiger partial charge < -0.3 is 28.5 Å². The summed E-state index contributed by atoms with van der Waals surface area (Å²) in [6, 6.07) is -0.901. The molecular weight excluding hydrogens is 1050 g/mol. The van der Waals surface area contributed by atoms with E-state index in [1.54, 1.807) is 0 Å². The Kier molecular flexibility index (Phi) is 60.6. The molecule has 0 aliphatic carbocycles. The molecule has 0 saturated heterocycles. The average Bonchev–Trinajstić information content (AvgIpc) is 3.51. The molecule has 3 atom stereocenters. The lowest BCUT2D eigenvalue weighted by molar-refractivity contribution is -0.870. The van der Waals surface area contributed by atoms with Crippen molar-refractivity contribution in [3.63, 3.8) is 0 Å². The highest BCUT2D eigenvalue weighted by molar-refractivity contribution is 7.45. The standard InChI is InChI=1S/C73H135N2O7P/c1-7-10-13-16-19-22-25-27-29-31-33-35-36-37-38-40-42-44-46-48-51-54-57-60-63-66-73(77)82-71(64-61-58-55-52-49-24-21-18-15-12-9-3)70(69-81-83(78,79)80-68-67-75(4,5)6)74-72(76)65-62-59-56-53-50-47-45-43-41-39-34-32-30-28-26-23-20-17-14-11-8-2/h20,23,27-30,34,39,43,45,61,64,70-71H,7-19,21-22,24-26,31-33,35-38,40-42,44,46-60,62-63,65-69H2,1-6H3,(H-,74,76,78,79)/b23-20-,29-27+,30-28-,39-34-,45-43-,64-61+. The molecular formula is C73H135N2O7P. The summed E-state index contributed by atoms with van der Waals surface area (Å²) in [4.78, 5) is 40.1. The van der Waals surface area contributed by atoms with Crippen molar-refractivity contribution in [3.05, 3.63) is 72.9 Å². The van der Waals surface area contributed by atoms with Crippen molar-refractivity contribution in [1.29, 1.82) is 0 Å². The summed E-state index contributed by atoms with van der Waals surface area (Å²) >= 11 is 0. The Morgan fingerprint density at radius 2 is 0.735 bits per heavy atom. The highest BCUT2D eigenvalue weighted by atomic mass is 31.2. The predicted molar refractivity (Wildman–Crippen MR) is 358 cm³/mol. The van der Waals surface area contributed by atoms with Gasteiger partial charge in [0.25, 0.3) is 7.82 Å². The van der Waals surface area contributed by atoms with Gasteiger partial charge in [-0.3, -0.25) is 14.2 Å². The van der Waals surface area contributed by atoms with Crippen LogP contribution in [-0.4, -0.2) is 69.4 Å². The number of phosphoric ester groups is 1. The van der Waals surface area contributed by atoms with Crippen LogP contribution < -0.4 is 10.2 Å². The number of rotatable bonds is 64. The molecule has 0 aromatic carbocycles. The van der Waals surface area contributed by atoms with Gasteiger partial charge >= 0.3 is 5.97 Å². The molecule has 0 radical (unpaired) electrons. The molecule has 9 nitrogen and oxygen atoms in total. The molecule has 83 heavy (non-hydrogen) atoms. The number of carbonyl (C=O) groups excluding carboxylic acids is 2. The number of nitrogens with one attached hydrogen (secondary N) is 1. The van der Waals surface area contributed by atoms with Gasteiger partial charge in [0.2, 0.25) is 5.91 Å². The minimum Gasteiger partial charge on any atom is -0.756 e. The summed E-state index contributed by atoms with van der Waals surface area (Å²) in [7, 11) is 1.17. The second-order valence-electron chi connectivity index (χ2n) is 25.0. The van der Waals surface area contributed by atoms with E-state index in [1.165, 1.54) is 199 Å². The van der Waals surface area contributed by atoms with Crippen LogP contribution in [0.3, 0.4) is 0 Å². The Morgan fingerprint density at radius 3 is 1.13 bits per heavy atom. The Hall–Kier alpha value is -2.55. The number of nitrogens with zero attached hydrogens (tertiary/aromatic N) is 1. The lowest BCUT2D eigenvalue weighted by Gasteiger charge is -2.30. The van der Waals surface area contributed by atoms with Crippen molar-refractivity contribution >= 4 is 19.7 Å². The summed E-state index contributed by atoms with van der Waals surface area (Å²) < 4.78 is 30.4. The van der Waals surface area contributed by atoms with Crippen molar-refractivity contribution in [2.45, 2.75) is 341 Å². The third-order valence-corrected chi connectivity index (χ3v) is 16.6. The number of phosphoric acid groups is 1. The van der Waals surface area contributed by atoms with Crippen LogP contribution in [0.5, 0.6) is 0 Å². The van der Waals surface area contributed by atoms with E-state index in [4.69, 9.17) is 13.8 Å². The molecule has 0 fully saturated rings. The summed E-state index contributed by atoms with van der Waals surface area (Å²) in [5, 5.41) is 3.03. The number of esters is 1. The second kappa shape index (κ2) is 62.5. The second-order valence-corrected chi connectivity index (χ2v) is 26.4. The summed E-state index contributed by atoms with van der Waals surface area (Å²) in [5.41, 5.74) is 0. The van der Waals surface area contributed by atoms with Gasteiger partial charge in [0, 0.05) is 12.8 Å². The number of amides is 1. The molecule has 0 saturated carbocycles. The fourth-order valence-electron chi connectivity index (χ4n) is 10.1. The Morgan fingerprint density at radius 1 is 0.422 bits per heavy atom. The number of ether oxygens (including phenoxy) is 1. The summed E-state index contributed by atoms with van der Waals surface area (Å²) in [6.07, 6.45) is 81.7. The van der Waals surface area contributed by atoms with Gasteiger partial charge in [-0.05, 0) is 102 Å². The number of allylic oxidation sites excluding steroid dienone is 11. The Bertz CT molecular complexity index is 1650. The van der Waals surface area contributed by atoms with E-state index in [1.807, 2.05) is 33.3 Å². The molecule has 0 heterocycles. The maximum Gasteiger partial charge on any atom is 0.306 e. The minimum atomic E-state index is -4.71. The Balaban J connectivity index is 5.06. The average molecular weight is 1180 g/mol. The van der Waals surface area contributed by atoms with E-state index in [9.17, 15) is 19.0 Å². The van der Waals surface area contributed by atoms with Crippen LogP contribution in [0.2, 0.25) is 0 Å². The van der Waals surface area contributed by atoms with Gasteiger partial charge in [0.05, 0.1) is 33.8 Å². The Labute approximate surface area is 514 Å². The van der Waals surface area contributed by atoms with Crippen LogP contribution in [-0.2, 0) is 27.9 Å². The van der Waals surface area contributed by atoms with Gasteiger partial charge in [0.15, 0.2) is 0 Å². The number of carbonyl (C=O) groups is 2. The van der Waals surface area contributed by atoms with Crippen molar-refractivity contribution in [1.82, 2.24) is 5.32 Å². The van der Waals surface area contributed by atoms with Gasteiger partial charge in [-0.25, -0.2) is 0 Å². The number of likely N-dealkylation sites (N-methyl/N-ethyl adjacent to an activating group) is 1. The van der Waals surface area contributed by atoms with Crippen LogP contribution in [0.25, 0.3) is 0 Å². The molecule has 0 rings (SSSR count). The molecule has 10 heteroatoms. The topological polar surface area (TPSA) is 114 Å². The summed E-state index contributed by atoms with van der Waals surface area (Å²) in [6.45, 7) is 6.82. The van der Waals surface area contributed by atoms with Crippen LogP contribution in [0, 0.1) is 0 Å². The number of quaternary nitrogens is 1. The molecule has 484 valence electrons. The minimum absolute atomic E-state index is 0.0276. The van der Waals surface area contributed by atoms with Crippen LogP contribution in [0.1, 0.15) is 329 Å². The first-order valence-electron chi connectivity index (χ1n) is 35.2. The monoisotopic (exact) mass is 1180 g/mol. The van der Waals surface area contributed by atoms with Gasteiger partial charge in [-0.1, -0.05) is 287 Å². The SMILES string of the molecule is CCCCC/C=C\C/C=C\C/C=C\C/C=C\CCCCCCCC(=O)NC(COP(=O)([O-])OCC[N+](C)(C)C)C(/C=C/CCCCCCCCCCC)OC(=O)CCCCCCCCCCCCCCCCC/C=C/CCCCCCCC. The molecule has 0 aliphatic rings. The molecule has 0 aromatic heterocycles. The first kappa shape index (κ1) is 80.5. The largest absolute Gasteiger partial charge is 0.756 e. The molecule has 0 spiro atoms. The smallest absolute Gasteiger partial charge is 0.306 e. The number of hydrogen-bond donors (Lipinski definition) is 1. The third-order valence-electron chi connectivity index (χ3n) is 15.6. The van der Waals surface area contributed by atoms with Crippen LogP contribution in [0.4, 0.5) is 0 Å². The van der Waals surface area contributed by atoms with E-state index in [0.717, 1.165) is 96.3 Å². The highest BCUT2D eigenvalue weighted by Crippen LogP contribution is 2.38. The van der Waals surface area contributed by atoms with Gasteiger partial charge in [-0.15, -0.1) is 0 Å². The van der Waals surface area contributed by atoms with Crippen molar-refractivity contribution in [2.24, 2.45) is 0 Å². The summed E-state index contributed by atoms with van der Waals surface area (Å²) in [5.74, 6) is -0.554. The van der Waals surface area contributed by atoms with Crippen molar-refractivity contribution in [2.75, 3.05) is 40.9 Å². The highest BCUT2D eigenvalue weighted by Gasteiger charge is 2.27. The molecule has 1 N–H and O–H groups in total. The molecule has 1 amide bonds. The van der Waals surface area contributed by atoms with E-state index in [-0.39, 0.29) is 24.9 Å². The zero-order valence-corrected chi connectivity index (χ0v) is 56.3. The van der Waals surface area contributed by atoms with Crippen molar-refractivity contribution in [3.8, 4) is 0 Å². The zero-order chi connectivity index (χ0) is 60.7. The molecule has 0 aromatic rings. The third kappa shape index (κ3) is 63.8. The first-order valence-corrected chi connectivity index (χ1v) is 36.7. The van der Waals surface area contributed by atoms with Crippen LogP contribution >= 0.6 is 7.82 Å². The van der Waals surface area contributed by atoms with Gasteiger partial charge in [-0.2, -0.15) is 0 Å². The molecule has 0 aliphatic heterocycles. The molecule has 0 bridgehead atoms. The lowest BCUT2D eigenvalue weighted by Crippen LogP contribution is -2.47. The van der Waals surface area contributed by atoms with Gasteiger partial charge in [0.1, 0.15) is 19.3 Å². The maximum absolute atomic E-state index is 13.6. The zero-order valence-electron chi connectivity index (χ0n) is 55.4. The lowest BCUT2D eigenvalue weighted by atomic mass is 10.0. The van der Waals surface area contributed by atoms with E-state index in [2.05, 4.69) is 86.8 Å². The quantitative estimate of drug-likeness (QED) is 0.0212. The van der Waals surface area contributed by atoms with Crippen molar-refractivity contribution < 1.29 is 37.3 Å². The first-order chi connectivity index (χ1) is 40.4.